The summed E-state index contributed by atoms with van der Waals surface area (Å²) in [6.07, 6.45) is 0.510. The van der Waals surface area contributed by atoms with Crippen LogP contribution in [-0.4, -0.2) is 53.1 Å². The molecule has 0 saturated carbocycles. The second-order valence-corrected chi connectivity index (χ2v) is 11.9. The van der Waals surface area contributed by atoms with Crippen molar-refractivity contribution in [2.75, 3.05) is 51.3 Å². The van der Waals surface area contributed by atoms with Crippen LogP contribution in [0.4, 0.5) is 11.4 Å². The number of fused-ring (bicyclic) bond motifs is 1. The van der Waals surface area contributed by atoms with Crippen LogP contribution >= 0.6 is 31.1 Å². The summed E-state index contributed by atoms with van der Waals surface area (Å²) in [7, 11) is -4.96. The zero-order chi connectivity index (χ0) is 24.6. The molecule has 1 heterocycles. The van der Waals surface area contributed by atoms with E-state index in [1.165, 1.54) is 6.08 Å². The van der Waals surface area contributed by atoms with Crippen LogP contribution in [0.15, 0.2) is 21.7 Å². The molecule has 188 valence electrons. The summed E-state index contributed by atoms with van der Waals surface area (Å²) >= 11 is 3.50. The maximum atomic E-state index is 13.8. The Hall–Kier alpha value is -0.740. The highest BCUT2D eigenvalue weighted by molar-refractivity contribution is 9.10. The van der Waals surface area contributed by atoms with E-state index in [1.807, 2.05) is 6.07 Å². The van der Waals surface area contributed by atoms with Gasteiger partial charge in [0, 0.05) is 24.3 Å². The van der Waals surface area contributed by atoms with Gasteiger partial charge in [-0.2, -0.15) is 0 Å². The van der Waals surface area contributed by atoms with Crippen molar-refractivity contribution in [3.63, 3.8) is 0 Å². The lowest BCUT2D eigenvalue weighted by atomic mass is 10.1. The van der Waals surface area contributed by atoms with E-state index in [-0.39, 0.29) is 31.5 Å². The number of nitrogens with one attached hydrogen (secondary N) is 2. The molecule has 1 aliphatic heterocycles. The molecule has 0 fully saturated rings. The van der Waals surface area contributed by atoms with Gasteiger partial charge >= 0.3 is 15.2 Å². The molecule has 13 heteroatoms. The van der Waals surface area contributed by atoms with Crippen molar-refractivity contribution in [1.29, 1.82) is 0 Å². The van der Waals surface area contributed by atoms with Crippen LogP contribution in [-0.2, 0) is 36.7 Å². The van der Waals surface area contributed by atoms with Crippen LogP contribution in [0.2, 0.25) is 0 Å². The molecule has 1 aromatic rings. The van der Waals surface area contributed by atoms with Crippen LogP contribution in [0, 0.1) is 0 Å². The van der Waals surface area contributed by atoms with Gasteiger partial charge < -0.3 is 38.2 Å². The summed E-state index contributed by atoms with van der Waals surface area (Å²) in [5.74, 6) is 0. The Balaban J connectivity index is 2.79. The van der Waals surface area contributed by atoms with Gasteiger partial charge in [0.1, 0.15) is 0 Å². The van der Waals surface area contributed by atoms with Crippen LogP contribution in [0.25, 0.3) is 6.08 Å². The average Bonchev–Trinajstić information content (AvgIpc) is 2.76. The summed E-state index contributed by atoms with van der Waals surface area (Å²) in [5, 5.41) is 6.34. The Morgan fingerprint density at radius 3 is 1.76 bits per heavy atom. The van der Waals surface area contributed by atoms with Crippen molar-refractivity contribution < 1.29 is 36.7 Å². The predicted molar refractivity (Wildman–Crippen MR) is 133 cm³/mol. The van der Waals surface area contributed by atoms with Gasteiger partial charge in [0.05, 0.1) is 37.8 Å². The lowest BCUT2D eigenvalue weighted by Gasteiger charge is -2.35. The van der Waals surface area contributed by atoms with Crippen LogP contribution in [0.1, 0.15) is 33.3 Å². The fourth-order valence-electron chi connectivity index (χ4n) is 3.29. The molecule has 0 bridgehead atoms. The number of ether oxygens (including phenoxy) is 2. The molecule has 0 radical (unpaired) electrons. The Labute approximate surface area is 203 Å². The first kappa shape index (κ1) is 28.5. The molecule has 2 atom stereocenters. The molecule has 0 spiro atoms. The first-order chi connectivity index (χ1) is 15.7. The lowest BCUT2D eigenvalue weighted by Crippen LogP contribution is -2.45. The second-order valence-electron chi connectivity index (χ2n) is 6.69. The third-order valence-electron chi connectivity index (χ3n) is 4.54. The normalized spacial score (nSPS) is 18.3. The van der Waals surface area contributed by atoms with Crippen molar-refractivity contribution in [3.05, 3.63) is 27.2 Å². The first-order valence-electron chi connectivity index (χ1n) is 10.6. The molecule has 2 N–H and O–H groups in total. The standard InChI is InChI=1S/C20H33BrN2O8P2/c1-7-28-32(24,29-8-2)17(33(25,30-9-3)31-10-4)12-14-11-15(21)13-16-18(14)23-20(27-6)19(22-16)26-5/h11-13,19-20,22-23H,7-10H2,1-6H3. The zero-order valence-corrected chi connectivity index (χ0v) is 23.1. The fraction of sp³-hybridized carbons (Fsp3) is 0.600. The van der Waals surface area contributed by atoms with Crippen molar-refractivity contribution in [2.24, 2.45) is 0 Å². The number of rotatable bonds is 13. The molecular formula is C20H33BrN2O8P2. The zero-order valence-electron chi connectivity index (χ0n) is 19.8. The number of benzene rings is 1. The van der Waals surface area contributed by atoms with Gasteiger partial charge in [-0.3, -0.25) is 9.13 Å². The smallest absolute Gasteiger partial charge is 0.357 e. The van der Waals surface area contributed by atoms with E-state index < -0.39 is 27.6 Å². The van der Waals surface area contributed by atoms with Gasteiger partial charge in [0.15, 0.2) is 17.5 Å². The van der Waals surface area contributed by atoms with Gasteiger partial charge in [0.2, 0.25) is 0 Å². The highest BCUT2D eigenvalue weighted by atomic mass is 79.9. The minimum atomic E-state index is -4.04. The van der Waals surface area contributed by atoms with Crippen molar-refractivity contribution in [1.82, 2.24) is 0 Å². The fourth-order valence-corrected chi connectivity index (χ4v) is 8.30. The molecule has 33 heavy (non-hydrogen) atoms. The lowest BCUT2D eigenvalue weighted by molar-refractivity contribution is -0.00798. The van der Waals surface area contributed by atoms with Crippen LogP contribution < -0.4 is 10.6 Å². The van der Waals surface area contributed by atoms with Gasteiger partial charge in [-0.05, 0) is 45.9 Å². The Bertz CT molecular complexity index is 878. The number of halogens is 1. The van der Waals surface area contributed by atoms with Gasteiger partial charge in [-0.25, -0.2) is 0 Å². The highest BCUT2D eigenvalue weighted by Gasteiger charge is 2.45. The Kier molecular flexibility index (Phi) is 11.1. The topological polar surface area (TPSA) is 114 Å². The molecule has 0 saturated heterocycles. The second kappa shape index (κ2) is 12.8. The summed E-state index contributed by atoms with van der Waals surface area (Å²) in [6, 6.07) is 3.63. The van der Waals surface area contributed by atoms with E-state index in [2.05, 4.69) is 26.6 Å². The van der Waals surface area contributed by atoms with Crippen molar-refractivity contribution >= 4 is 48.6 Å². The predicted octanol–water partition coefficient (Wildman–Crippen LogP) is 6.06. The molecule has 0 aromatic heterocycles. The minimum absolute atomic E-state index is 0.0739. The van der Waals surface area contributed by atoms with Gasteiger partial charge in [-0.1, -0.05) is 15.9 Å². The van der Waals surface area contributed by atoms with E-state index in [9.17, 15) is 9.13 Å². The molecule has 2 unspecified atom stereocenters. The van der Waals surface area contributed by atoms with Crippen LogP contribution in [0.3, 0.4) is 0 Å². The number of hydrogen-bond acceptors (Lipinski definition) is 10. The van der Waals surface area contributed by atoms with Gasteiger partial charge in [-0.15, -0.1) is 0 Å². The highest BCUT2D eigenvalue weighted by Crippen LogP contribution is 2.74. The molecule has 10 nitrogen and oxygen atoms in total. The summed E-state index contributed by atoms with van der Waals surface area (Å²) < 4.78 is 61.5. The van der Waals surface area contributed by atoms with E-state index in [4.69, 9.17) is 27.6 Å². The Morgan fingerprint density at radius 2 is 1.33 bits per heavy atom. The molecule has 1 aliphatic rings. The quantitative estimate of drug-likeness (QED) is 0.271. The maximum absolute atomic E-state index is 13.8. The monoisotopic (exact) mass is 570 g/mol. The number of anilines is 2. The van der Waals surface area contributed by atoms with E-state index in [0.717, 1.165) is 4.47 Å². The van der Waals surface area contributed by atoms with Crippen molar-refractivity contribution in [2.45, 2.75) is 40.2 Å². The Morgan fingerprint density at radius 1 is 0.879 bits per heavy atom. The average molecular weight is 571 g/mol. The maximum Gasteiger partial charge on any atom is 0.369 e. The third kappa shape index (κ3) is 6.69. The van der Waals surface area contributed by atoms with Gasteiger partial charge in [0.25, 0.3) is 0 Å². The number of hydrogen-bond donors (Lipinski definition) is 2. The largest absolute Gasteiger partial charge is 0.369 e. The summed E-state index contributed by atoms with van der Waals surface area (Å²) in [6.45, 7) is 7.00. The molecule has 2 rings (SSSR count). The third-order valence-corrected chi connectivity index (χ3v) is 10.2. The van der Waals surface area contributed by atoms with E-state index >= 15 is 0 Å². The first-order valence-corrected chi connectivity index (χ1v) is 14.5. The molecular weight excluding hydrogens is 538 g/mol. The molecule has 1 aromatic carbocycles. The summed E-state index contributed by atoms with van der Waals surface area (Å²) in [5.41, 5.74) is 1.85. The van der Waals surface area contributed by atoms with E-state index in [1.54, 1.807) is 48.0 Å². The van der Waals surface area contributed by atoms with Crippen molar-refractivity contribution in [3.8, 4) is 0 Å². The number of methoxy groups -OCH3 is 2. The van der Waals surface area contributed by atoms with Crippen LogP contribution in [0.5, 0.6) is 0 Å². The molecule has 0 amide bonds. The molecule has 0 aliphatic carbocycles. The summed E-state index contributed by atoms with van der Waals surface area (Å²) in [4.78, 5) is 0. The van der Waals surface area contributed by atoms with E-state index in [0.29, 0.717) is 16.9 Å². The minimum Gasteiger partial charge on any atom is -0.357 e. The SMILES string of the molecule is CCOP(=O)(OCC)C(=Cc1cc(Br)cc2c1NC(OC)C(OC)N2)P(=O)(OCC)OCC.